The van der Waals surface area contributed by atoms with Crippen molar-refractivity contribution in [3.8, 4) is 0 Å². The number of pyridine rings is 1. The molecule has 1 aliphatic rings. The van der Waals surface area contributed by atoms with E-state index in [0.717, 1.165) is 24.0 Å². The highest BCUT2D eigenvalue weighted by molar-refractivity contribution is 5.35. The molecule has 0 atom stereocenters. The molecule has 3 heteroatoms. The van der Waals surface area contributed by atoms with Gasteiger partial charge in [-0.2, -0.15) is 0 Å². The molecule has 1 aromatic heterocycles. The molecule has 0 radical (unpaired) electrons. The average molecular weight is 191 g/mol. The van der Waals surface area contributed by atoms with Crippen molar-refractivity contribution >= 4 is 5.82 Å². The predicted molar refractivity (Wildman–Crippen MR) is 58.5 cm³/mol. The summed E-state index contributed by atoms with van der Waals surface area (Å²) in [4.78, 5) is 6.73. The lowest BCUT2D eigenvalue weighted by atomic mass is 10.0. The van der Waals surface area contributed by atoms with Gasteiger partial charge in [0.15, 0.2) is 0 Å². The normalized spacial score (nSPS) is 17.9. The molecule has 2 heterocycles. The Morgan fingerprint density at radius 3 is 2.93 bits per heavy atom. The van der Waals surface area contributed by atoms with Crippen molar-refractivity contribution in [1.29, 1.82) is 0 Å². The van der Waals surface area contributed by atoms with Gasteiger partial charge in [-0.25, -0.2) is 4.98 Å². The zero-order valence-corrected chi connectivity index (χ0v) is 8.83. The SMILES string of the molecule is Cc1cccc(NCC2CN(C)C2)n1. The Kier molecular flexibility index (Phi) is 2.68. The Labute approximate surface area is 85.1 Å². The highest BCUT2D eigenvalue weighted by atomic mass is 15.2. The van der Waals surface area contributed by atoms with Crippen LogP contribution >= 0.6 is 0 Å². The lowest BCUT2D eigenvalue weighted by Crippen LogP contribution is -2.46. The minimum absolute atomic E-state index is 0.794. The molecule has 3 nitrogen and oxygen atoms in total. The molecule has 76 valence electrons. The number of aromatic nitrogens is 1. The van der Waals surface area contributed by atoms with Crippen molar-refractivity contribution in [2.45, 2.75) is 6.92 Å². The van der Waals surface area contributed by atoms with Crippen molar-refractivity contribution in [3.05, 3.63) is 23.9 Å². The maximum absolute atomic E-state index is 4.40. The fraction of sp³-hybridized carbons (Fsp3) is 0.545. The minimum atomic E-state index is 0.794. The number of nitrogens with zero attached hydrogens (tertiary/aromatic N) is 2. The molecule has 1 N–H and O–H groups in total. The summed E-state index contributed by atoms with van der Waals surface area (Å²) in [6, 6.07) is 6.08. The van der Waals surface area contributed by atoms with Gasteiger partial charge in [0.1, 0.15) is 5.82 Å². The Balaban J connectivity index is 1.80. The molecule has 0 spiro atoms. The Morgan fingerprint density at radius 1 is 1.50 bits per heavy atom. The monoisotopic (exact) mass is 191 g/mol. The first-order valence-corrected chi connectivity index (χ1v) is 5.10. The third-order valence-corrected chi connectivity index (χ3v) is 2.60. The summed E-state index contributed by atoms with van der Waals surface area (Å²) in [7, 11) is 2.15. The van der Waals surface area contributed by atoms with Crippen LogP contribution in [0, 0.1) is 12.8 Å². The smallest absolute Gasteiger partial charge is 0.126 e. The summed E-state index contributed by atoms with van der Waals surface area (Å²) in [5.41, 5.74) is 1.07. The van der Waals surface area contributed by atoms with Crippen molar-refractivity contribution in [2.24, 2.45) is 5.92 Å². The van der Waals surface area contributed by atoms with Crippen molar-refractivity contribution < 1.29 is 0 Å². The fourth-order valence-corrected chi connectivity index (χ4v) is 1.85. The van der Waals surface area contributed by atoms with Gasteiger partial charge >= 0.3 is 0 Å². The molecule has 1 fully saturated rings. The summed E-state index contributed by atoms with van der Waals surface area (Å²) in [6.07, 6.45) is 0. The highest BCUT2D eigenvalue weighted by Gasteiger charge is 2.22. The summed E-state index contributed by atoms with van der Waals surface area (Å²) in [5.74, 6) is 1.79. The van der Waals surface area contributed by atoms with E-state index in [1.807, 2.05) is 25.1 Å². The van der Waals surface area contributed by atoms with Crippen LogP contribution in [0.25, 0.3) is 0 Å². The van der Waals surface area contributed by atoms with Gasteiger partial charge in [0.25, 0.3) is 0 Å². The number of anilines is 1. The molecule has 1 aromatic rings. The number of hydrogen-bond donors (Lipinski definition) is 1. The quantitative estimate of drug-likeness (QED) is 0.782. The fourth-order valence-electron chi connectivity index (χ4n) is 1.85. The molecule has 1 aliphatic heterocycles. The number of aryl methyl sites for hydroxylation is 1. The standard InChI is InChI=1S/C11H17N3/c1-9-4-3-5-11(13-9)12-6-10-7-14(2)8-10/h3-5,10H,6-8H2,1-2H3,(H,12,13). The van der Waals surface area contributed by atoms with Gasteiger partial charge in [0.05, 0.1) is 0 Å². The first kappa shape index (κ1) is 9.46. The summed E-state index contributed by atoms with van der Waals surface area (Å²) in [5, 5.41) is 3.37. The van der Waals surface area contributed by atoms with E-state index in [0.29, 0.717) is 0 Å². The van der Waals surface area contributed by atoms with Crippen molar-refractivity contribution in [3.63, 3.8) is 0 Å². The van der Waals surface area contributed by atoms with Gasteiger partial charge in [-0.3, -0.25) is 0 Å². The van der Waals surface area contributed by atoms with Gasteiger partial charge in [0, 0.05) is 31.2 Å². The second-order valence-corrected chi connectivity index (χ2v) is 4.13. The molecular weight excluding hydrogens is 174 g/mol. The number of hydrogen-bond acceptors (Lipinski definition) is 3. The molecule has 0 aliphatic carbocycles. The molecule has 14 heavy (non-hydrogen) atoms. The average Bonchev–Trinajstić information content (AvgIpc) is 2.11. The number of likely N-dealkylation sites (tertiary alicyclic amines) is 1. The van der Waals surface area contributed by atoms with E-state index in [1.165, 1.54) is 13.1 Å². The van der Waals surface area contributed by atoms with Gasteiger partial charge in [-0.05, 0) is 26.1 Å². The molecule has 2 rings (SSSR count). The van der Waals surface area contributed by atoms with Crippen molar-refractivity contribution in [1.82, 2.24) is 9.88 Å². The highest BCUT2D eigenvalue weighted by Crippen LogP contribution is 2.13. The lowest BCUT2D eigenvalue weighted by molar-refractivity contribution is 0.144. The van der Waals surface area contributed by atoms with Crippen LogP contribution in [0.2, 0.25) is 0 Å². The number of rotatable bonds is 3. The zero-order chi connectivity index (χ0) is 9.97. The van der Waals surface area contributed by atoms with Crippen LogP contribution in [-0.2, 0) is 0 Å². The van der Waals surface area contributed by atoms with E-state index in [9.17, 15) is 0 Å². The third kappa shape index (κ3) is 2.23. The van der Waals surface area contributed by atoms with E-state index in [1.54, 1.807) is 0 Å². The number of nitrogens with one attached hydrogen (secondary N) is 1. The van der Waals surface area contributed by atoms with E-state index in [-0.39, 0.29) is 0 Å². The second kappa shape index (κ2) is 3.96. The van der Waals surface area contributed by atoms with E-state index in [4.69, 9.17) is 0 Å². The molecule has 0 aromatic carbocycles. The van der Waals surface area contributed by atoms with Crippen LogP contribution in [0.3, 0.4) is 0 Å². The van der Waals surface area contributed by atoms with E-state index < -0.39 is 0 Å². The van der Waals surface area contributed by atoms with E-state index in [2.05, 4.69) is 22.2 Å². The predicted octanol–water partition coefficient (Wildman–Crippen LogP) is 1.36. The van der Waals surface area contributed by atoms with Gasteiger partial charge in [-0.1, -0.05) is 6.07 Å². The first-order chi connectivity index (χ1) is 6.74. The third-order valence-electron chi connectivity index (χ3n) is 2.60. The molecular formula is C11H17N3. The van der Waals surface area contributed by atoms with Gasteiger partial charge in [-0.15, -0.1) is 0 Å². The maximum Gasteiger partial charge on any atom is 0.126 e. The topological polar surface area (TPSA) is 28.2 Å². The van der Waals surface area contributed by atoms with Gasteiger partial charge < -0.3 is 10.2 Å². The van der Waals surface area contributed by atoms with Crippen molar-refractivity contribution in [2.75, 3.05) is 32.0 Å². The van der Waals surface area contributed by atoms with Gasteiger partial charge in [0.2, 0.25) is 0 Å². The van der Waals surface area contributed by atoms with Crippen LogP contribution in [0.1, 0.15) is 5.69 Å². The Hall–Kier alpha value is -1.09. The zero-order valence-electron chi connectivity index (χ0n) is 8.83. The molecule has 0 unspecified atom stereocenters. The summed E-state index contributed by atoms with van der Waals surface area (Å²) < 4.78 is 0. The second-order valence-electron chi connectivity index (χ2n) is 4.13. The summed E-state index contributed by atoms with van der Waals surface area (Å²) >= 11 is 0. The first-order valence-electron chi connectivity index (χ1n) is 5.10. The van der Waals surface area contributed by atoms with Crippen LogP contribution in [-0.4, -0.2) is 36.6 Å². The maximum atomic E-state index is 4.40. The molecule has 0 amide bonds. The Bertz CT molecular complexity index is 305. The van der Waals surface area contributed by atoms with Crippen LogP contribution in [0.4, 0.5) is 5.82 Å². The lowest BCUT2D eigenvalue weighted by Gasteiger charge is -2.36. The molecule has 0 saturated carbocycles. The Morgan fingerprint density at radius 2 is 2.29 bits per heavy atom. The molecule has 0 bridgehead atoms. The largest absolute Gasteiger partial charge is 0.370 e. The summed E-state index contributed by atoms with van der Waals surface area (Å²) in [6.45, 7) is 5.47. The molecule has 1 saturated heterocycles. The minimum Gasteiger partial charge on any atom is -0.370 e. The van der Waals surface area contributed by atoms with Crippen LogP contribution in [0.5, 0.6) is 0 Å². The van der Waals surface area contributed by atoms with E-state index >= 15 is 0 Å². The van der Waals surface area contributed by atoms with Crippen LogP contribution < -0.4 is 5.32 Å². The van der Waals surface area contributed by atoms with Crippen LogP contribution in [0.15, 0.2) is 18.2 Å².